The van der Waals surface area contributed by atoms with Gasteiger partial charge in [-0.2, -0.15) is 4.73 Å². The fourth-order valence-corrected chi connectivity index (χ4v) is 1.90. The first-order valence-electron chi connectivity index (χ1n) is 5.31. The van der Waals surface area contributed by atoms with E-state index >= 15 is 0 Å². The van der Waals surface area contributed by atoms with Crippen LogP contribution in [0.3, 0.4) is 0 Å². The van der Waals surface area contributed by atoms with Crippen LogP contribution in [0.15, 0.2) is 47.0 Å². The second kappa shape index (κ2) is 3.59. The lowest BCUT2D eigenvalue weighted by atomic mass is 10.1. The molecule has 0 radical (unpaired) electrons. The maximum Gasteiger partial charge on any atom is 0.287 e. The molecule has 0 N–H and O–H groups in total. The molecule has 0 spiro atoms. The van der Waals surface area contributed by atoms with Gasteiger partial charge in [0.15, 0.2) is 5.69 Å². The predicted molar refractivity (Wildman–Crippen MR) is 63.1 cm³/mol. The summed E-state index contributed by atoms with van der Waals surface area (Å²) in [5.41, 5.74) is 3.09. The Hall–Kier alpha value is -2.36. The predicted octanol–water partition coefficient (Wildman–Crippen LogP) is 2.44. The van der Waals surface area contributed by atoms with Crippen LogP contribution in [0.1, 0.15) is 5.69 Å². The first-order valence-corrected chi connectivity index (χ1v) is 5.31. The van der Waals surface area contributed by atoms with E-state index in [1.165, 1.54) is 0 Å². The molecule has 4 nitrogen and oxygen atoms in total. The molecule has 17 heavy (non-hydrogen) atoms. The molecule has 0 saturated heterocycles. The normalized spacial score (nSPS) is 10.9. The minimum Gasteiger partial charge on any atom is -0.618 e. The maximum atomic E-state index is 12.2. The van der Waals surface area contributed by atoms with Crippen LogP contribution in [0.2, 0.25) is 0 Å². The van der Waals surface area contributed by atoms with Gasteiger partial charge in [-0.05, 0) is 25.1 Å². The third-order valence-electron chi connectivity index (χ3n) is 2.74. The number of aromatic nitrogens is 2. The van der Waals surface area contributed by atoms with Gasteiger partial charge in [0, 0.05) is 11.6 Å². The molecule has 84 valence electrons. The van der Waals surface area contributed by atoms with E-state index in [9.17, 15) is 5.21 Å². The molecule has 2 aromatic heterocycles. The van der Waals surface area contributed by atoms with Gasteiger partial charge in [-0.25, -0.2) is 0 Å². The summed E-state index contributed by atoms with van der Waals surface area (Å²) < 4.78 is 5.92. The molecule has 0 saturated carbocycles. The van der Waals surface area contributed by atoms with Gasteiger partial charge in [-0.1, -0.05) is 23.4 Å². The van der Waals surface area contributed by atoms with E-state index in [1.807, 2.05) is 30.3 Å². The minimum absolute atomic E-state index is 0.492. The maximum absolute atomic E-state index is 12.2. The monoisotopic (exact) mass is 226 g/mol. The summed E-state index contributed by atoms with van der Waals surface area (Å²) in [6.45, 7) is 1.76. The molecule has 0 aliphatic carbocycles. The number of nitrogens with zero attached hydrogens (tertiary/aromatic N) is 2. The molecule has 0 fully saturated rings. The lowest BCUT2D eigenvalue weighted by Crippen LogP contribution is -2.30. The Morgan fingerprint density at radius 3 is 2.65 bits per heavy atom. The van der Waals surface area contributed by atoms with E-state index in [4.69, 9.17) is 4.52 Å². The highest BCUT2D eigenvalue weighted by atomic mass is 16.5. The summed E-state index contributed by atoms with van der Waals surface area (Å²) in [5, 5.41) is 16.0. The van der Waals surface area contributed by atoms with Crippen LogP contribution in [0.25, 0.3) is 22.4 Å². The lowest BCUT2D eigenvalue weighted by Gasteiger charge is -2.04. The van der Waals surface area contributed by atoms with Crippen molar-refractivity contribution in [3.8, 4) is 11.3 Å². The smallest absolute Gasteiger partial charge is 0.287 e. The van der Waals surface area contributed by atoms with Crippen LogP contribution in [0.5, 0.6) is 0 Å². The average molecular weight is 226 g/mol. The van der Waals surface area contributed by atoms with Crippen LogP contribution < -0.4 is 4.73 Å². The van der Waals surface area contributed by atoms with Crippen molar-refractivity contribution in [2.45, 2.75) is 6.92 Å². The van der Waals surface area contributed by atoms with Crippen molar-refractivity contribution in [3.63, 3.8) is 0 Å². The minimum atomic E-state index is 0.492. The second-order valence-corrected chi connectivity index (χ2v) is 3.86. The zero-order valence-corrected chi connectivity index (χ0v) is 9.25. The van der Waals surface area contributed by atoms with Gasteiger partial charge >= 0.3 is 0 Å². The fourth-order valence-electron chi connectivity index (χ4n) is 1.90. The fraction of sp³-hybridized carbons (Fsp3) is 0.0769. The van der Waals surface area contributed by atoms with Crippen LogP contribution in [0.4, 0.5) is 0 Å². The molecule has 0 atom stereocenters. The molecule has 2 heterocycles. The van der Waals surface area contributed by atoms with Crippen molar-refractivity contribution in [1.29, 1.82) is 0 Å². The second-order valence-electron chi connectivity index (χ2n) is 3.86. The highest BCUT2D eigenvalue weighted by molar-refractivity contribution is 5.73. The summed E-state index contributed by atoms with van der Waals surface area (Å²) in [6, 6.07) is 13.0. The van der Waals surface area contributed by atoms with Gasteiger partial charge < -0.3 is 9.73 Å². The Morgan fingerprint density at radius 1 is 1.12 bits per heavy atom. The van der Waals surface area contributed by atoms with E-state index in [1.54, 1.807) is 19.1 Å². The van der Waals surface area contributed by atoms with Crippen molar-refractivity contribution in [1.82, 2.24) is 5.16 Å². The molecular formula is C13H10N2O2. The molecule has 1 aromatic carbocycles. The number of aryl methyl sites for hydroxylation is 1. The van der Waals surface area contributed by atoms with Gasteiger partial charge in [0.1, 0.15) is 0 Å². The molecule has 3 rings (SSSR count). The molecule has 0 amide bonds. The van der Waals surface area contributed by atoms with E-state index in [-0.39, 0.29) is 0 Å². The molecule has 3 aromatic rings. The summed E-state index contributed by atoms with van der Waals surface area (Å²) in [7, 11) is 0. The van der Waals surface area contributed by atoms with Crippen LogP contribution in [-0.4, -0.2) is 5.16 Å². The summed E-state index contributed by atoms with van der Waals surface area (Å²) >= 11 is 0. The van der Waals surface area contributed by atoms with E-state index in [0.717, 1.165) is 10.3 Å². The number of hydrogen-bond acceptors (Lipinski definition) is 3. The zero-order chi connectivity index (χ0) is 11.8. The summed E-state index contributed by atoms with van der Waals surface area (Å²) in [4.78, 5) is 0. The topological polar surface area (TPSA) is 53.0 Å². The van der Waals surface area contributed by atoms with E-state index in [0.29, 0.717) is 22.5 Å². The van der Waals surface area contributed by atoms with Crippen LogP contribution >= 0.6 is 0 Å². The molecule has 0 bridgehead atoms. The Kier molecular flexibility index (Phi) is 2.08. The van der Waals surface area contributed by atoms with Crippen molar-refractivity contribution >= 4 is 11.1 Å². The number of pyridine rings is 1. The van der Waals surface area contributed by atoms with E-state index < -0.39 is 0 Å². The first-order chi connectivity index (χ1) is 8.27. The number of hydrogen-bond donors (Lipinski definition) is 0. The van der Waals surface area contributed by atoms with Gasteiger partial charge in [0.25, 0.3) is 5.52 Å². The van der Waals surface area contributed by atoms with Gasteiger partial charge in [-0.3, -0.25) is 0 Å². The third kappa shape index (κ3) is 1.45. The quantitative estimate of drug-likeness (QED) is 0.473. The van der Waals surface area contributed by atoms with E-state index in [2.05, 4.69) is 5.16 Å². The Morgan fingerprint density at radius 2 is 1.88 bits per heavy atom. The molecule has 0 aliphatic heterocycles. The average Bonchev–Trinajstić information content (AvgIpc) is 2.73. The third-order valence-corrected chi connectivity index (χ3v) is 2.74. The highest BCUT2D eigenvalue weighted by Crippen LogP contribution is 2.20. The number of rotatable bonds is 1. The SMILES string of the molecule is Cc1noc2ccc(-c3ccccc3)[n+]([O-])c12. The number of benzene rings is 1. The zero-order valence-electron chi connectivity index (χ0n) is 9.25. The van der Waals surface area contributed by atoms with Gasteiger partial charge in [0.2, 0.25) is 11.3 Å². The van der Waals surface area contributed by atoms with Crippen LogP contribution in [-0.2, 0) is 0 Å². The van der Waals surface area contributed by atoms with Gasteiger partial charge in [-0.15, -0.1) is 0 Å². The lowest BCUT2D eigenvalue weighted by molar-refractivity contribution is -0.565. The Labute approximate surface area is 97.7 Å². The van der Waals surface area contributed by atoms with Gasteiger partial charge in [0.05, 0.1) is 0 Å². The van der Waals surface area contributed by atoms with Crippen molar-refractivity contribution < 1.29 is 9.25 Å². The standard InChI is InChI=1S/C13H10N2O2/c1-9-13-12(17-14-9)8-7-11(15(13)16)10-5-3-2-4-6-10/h2-8H,1H3. The molecule has 0 unspecified atom stereocenters. The highest BCUT2D eigenvalue weighted by Gasteiger charge is 2.18. The molecular weight excluding hydrogens is 216 g/mol. The largest absolute Gasteiger partial charge is 0.618 e. The van der Waals surface area contributed by atoms with Crippen LogP contribution in [0, 0.1) is 12.1 Å². The summed E-state index contributed by atoms with van der Waals surface area (Å²) in [6.07, 6.45) is 0. The number of fused-ring (bicyclic) bond motifs is 1. The first kappa shape index (κ1) is 9.84. The Bertz CT molecular complexity index is 674. The van der Waals surface area contributed by atoms with Crippen molar-refractivity contribution in [3.05, 3.63) is 53.4 Å². The Balaban J connectivity index is 2.32. The molecule has 0 aliphatic rings. The van der Waals surface area contributed by atoms with Crippen molar-refractivity contribution in [2.24, 2.45) is 0 Å². The summed E-state index contributed by atoms with van der Waals surface area (Å²) in [5.74, 6) is 0. The molecule has 4 heteroatoms. The van der Waals surface area contributed by atoms with Crippen molar-refractivity contribution in [2.75, 3.05) is 0 Å².